The Morgan fingerprint density at radius 2 is 0.766 bits per heavy atom. The van der Waals surface area contributed by atoms with E-state index in [9.17, 15) is 21.0 Å². The van der Waals surface area contributed by atoms with E-state index < -0.39 is 0 Å². The number of hydrogen-bond donors (Lipinski definition) is 0. The van der Waals surface area contributed by atoms with Gasteiger partial charge in [0.2, 0.25) is 0 Å². The van der Waals surface area contributed by atoms with E-state index in [4.69, 9.17) is 9.97 Å². The Labute approximate surface area is 367 Å². The van der Waals surface area contributed by atoms with Crippen molar-refractivity contribution in [3.05, 3.63) is 204 Å². The summed E-state index contributed by atoms with van der Waals surface area (Å²) in [6.07, 6.45) is 0. The van der Waals surface area contributed by atoms with Crippen molar-refractivity contribution in [3.63, 3.8) is 0 Å². The average molecular weight is 815 g/mol. The molecule has 11 rings (SSSR count). The van der Waals surface area contributed by atoms with E-state index in [2.05, 4.69) is 124 Å². The van der Waals surface area contributed by atoms with Crippen LogP contribution in [0.5, 0.6) is 0 Å². The maximum absolute atomic E-state index is 9.70. The molecule has 8 heteroatoms. The standard InChI is InChI=1S/C56H30N8/c57-31-35-5-3-7-42(25-35)51-30-50(61-56(62-51)43-8-4-6-36(26-43)32-58)41-15-13-39(14-16-41)40-17-19-44(20-18-40)63-52-10-2-1-9-46(52)49-29-45(21-24-55(49)63)64-53-22-11-37(33-59)27-47(53)48-28-38(34-60)12-23-54(48)64/h1-30H. The first kappa shape index (κ1) is 37.4. The largest absolute Gasteiger partial charge is 0.309 e. The van der Waals surface area contributed by atoms with Crippen LogP contribution in [0.2, 0.25) is 0 Å². The Kier molecular flexibility index (Phi) is 8.85. The Hall–Kier alpha value is -9.60. The van der Waals surface area contributed by atoms with Crippen LogP contribution in [0.25, 0.3) is 100 Å². The Morgan fingerprint density at radius 3 is 1.39 bits per heavy atom. The van der Waals surface area contributed by atoms with Gasteiger partial charge in [-0.05, 0) is 114 Å². The van der Waals surface area contributed by atoms with E-state index in [0.717, 1.165) is 88.5 Å². The lowest BCUT2D eigenvalue weighted by Gasteiger charge is -2.12. The maximum Gasteiger partial charge on any atom is 0.160 e. The van der Waals surface area contributed by atoms with Crippen molar-refractivity contribution in [1.29, 1.82) is 21.0 Å². The van der Waals surface area contributed by atoms with Gasteiger partial charge in [0.25, 0.3) is 0 Å². The third-order valence-electron chi connectivity index (χ3n) is 11.8. The van der Waals surface area contributed by atoms with Crippen LogP contribution < -0.4 is 0 Å². The quantitative estimate of drug-likeness (QED) is 0.164. The van der Waals surface area contributed by atoms with Gasteiger partial charge >= 0.3 is 0 Å². The fourth-order valence-corrected chi connectivity index (χ4v) is 8.80. The van der Waals surface area contributed by atoms with Crippen LogP contribution in [0.4, 0.5) is 0 Å². The molecule has 0 spiro atoms. The van der Waals surface area contributed by atoms with E-state index in [1.807, 2.05) is 72.8 Å². The summed E-state index contributed by atoms with van der Waals surface area (Å²) in [5, 5.41) is 42.7. The summed E-state index contributed by atoms with van der Waals surface area (Å²) in [7, 11) is 0. The minimum atomic E-state index is 0.491. The van der Waals surface area contributed by atoms with Gasteiger partial charge in [0.15, 0.2) is 5.82 Å². The third kappa shape index (κ3) is 6.29. The second-order valence-corrected chi connectivity index (χ2v) is 15.5. The molecule has 0 bridgehead atoms. The predicted octanol–water partition coefficient (Wildman–Crippen LogP) is 12.8. The topological polar surface area (TPSA) is 131 Å². The summed E-state index contributed by atoms with van der Waals surface area (Å²) >= 11 is 0. The van der Waals surface area contributed by atoms with Crippen molar-refractivity contribution >= 4 is 43.6 Å². The van der Waals surface area contributed by atoms with Crippen molar-refractivity contribution in [1.82, 2.24) is 19.1 Å². The van der Waals surface area contributed by atoms with Crippen molar-refractivity contribution in [2.24, 2.45) is 0 Å². The molecule has 0 aliphatic heterocycles. The lowest BCUT2D eigenvalue weighted by Crippen LogP contribution is -1.96. The number of aromatic nitrogens is 4. The second-order valence-electron chi connectivity index (χ2n) is 15.5. The van der Waals surface area contributed by atoms with Gasteiger partial charge in [-0.3, -0.25) is 0 Å². The highest BCUT2D eigenvalue weighted by Crippen LogP contribution is 2.38. The van der Waals surface area contributed by atoms with Crippen LogP contribution in [0.1, 0.15) is 22.3 Å². The Bertz CT molecular complexity index is 3730. The van der Waals surface area contributed by atoms with Gasteiger partial charge in [0.1, 0.15) is 0 Å². The maximum atomic E-state index is 9.70. The molecule has 0 amide bonds. The fraction of sp³-hybridized carbons (Fsp3) is 0. The number of nitriles is 4. The SMILES string of the molecule is N#Cc1cccc(-c2cc(-c3ccc(-c4ccc(-n5c6ccccc6c6cc(-n7c8ccc(C#N)cc8c8cc(C#N)ccc87)ccc65)cc4)cc3)nc(-c3cccc(C#N)c3)n2)c1. The number of nitrogens with zero attached hydrogens (tertiary/aromatic N) is 8. The minimum absolute atomic E-state index is 0.491. The number of hydrogen-bond acceptors (Lipinski definition) is 6. The molecule has 0 saturated carbocycles. The molecule has 0 saturated heterocycles. The van der Waals surface area contributed by atoms with E-state index in [1.54, 1.807) is 18.2 Å². The number of para-hydroxylation sites is 1. The Balaban J connectivity index is 0.955. The summed E-state index contributed by atoms with van der Waals surface area (Å²) in [6.45, 7) is 0. The molecule has 0 aliphatic rings. The number of rotatable bonds is 6. The smallest absolute Gasteiger partial charge is 0.160 e. The normalized spacial score (nSPS) is 11.1. The van der Waals surface area contributed by atoms with Crippen molar-refractivity contribution < 1.29 is 0 Å². The predicted molar refractivity (Wildman–Crippen MR) is 251 cm³/mol. The summed E-state index contributed by atoms with van der Waals surface area (Å²) in [5.41, 5.74) is 14.3. The van der Waals surface area contributed by atoms with E-state index in [1.165, 1.54) is 0 Å². The summed E-state index contributed by atoms with van der Waals surface area (Å²) in [6, 6.07) is 68.9. The van der Waals surface area contributed by atoms with Crippen LogP contribution in [-0.2, 0) is 0 Å². The zero-order valence-corrected chi connectivity index (χ0v) is 33.9. The molecule has 294 valence electrons. The molecule has 0 radical (unpaired) electrons. The average Bonchev–Trinajstić information content (AvgIpc) is 3.87. The zero-order chi connectivity index (χ0) is 43.3. The molecule has 0 N–H and O–H groups in total. The van der Waals surface area contributed by atoms with Gasteiger partial charge in [0.05, 0.1) is 80.0 Å². The molecule has 8 nitrogen and oxygen atoms in total. The van der Waals surface area contributed by atoms with Crippen LogP contribution in [0.15, 0.2) is 182 Å². The highest BCUT2D eigenvalue weighted by Gasteiger charge is 2.18. The lowest BCUT2D eigenvalue weighted by molar-refractivity contribution is 1.16. The molecule has 0 unspecified atom stereocenters. The molecule has 8 aromatic carbocycles. The van der Waals surface area contributed by atoms with E-state index >= 15 is 0 Å². The molecule has 3 heterocycles. The van der Waals surface area contributed by atoms with Gasteiger partial charge in [0, 0.05) is 49.6 Å². The van der Waals surface area contributed by atoms with Crippen LogP contribution in [0.3, 0.4) is 0 Å². The minimum Gasteiger partial charge on any atom is -0.309 e. The van der Waals surface area contributed by atoms with Crippen LogP contribution >= 0.6 is 0 Å². The second kappa shape index (κ2) is 15.1. The zero-order valence-electron chi connectivity index (χ0n) is 33.9. The lowest BCUT2D eigenvalue weighted by atomic mass is 10.0. The summed E-state index contributed by atoms with van der Waals surface area (Å²) in [5.74, 6) is 0.491. The first-order chi connectivity index (χ1) is 31.5. The van der Waals surface area contributed by atoms with Crippen molar-refractivity contribution in [3.8, 4) is 80.7 Å². The van der Waals surface area contributed by atoms with Crippen molar-refractivity contribution in [2.75, 3.05) is 0 Å². The number of benzene rings is 8. The van der Waals surface area contributed by atoms with Crippen LogP contribution in [-0.4, -0.2) is 19.1 Å². The van der Waals surface area contributed by atoms with Gasteiger partial charge in [-0.15, -0.1) is 0 Å². The summed E-state index contributed by atoms with van der Waals surface area (Å²) in [4.78, 5) is 9.84. The molecular weight excluding hydrogens is 785 g/mol. The first-order valence-corrected chi connectivity index (χ1v) is 20.5. The Morgan fingerprint density at radius 1 is 0.312 bits per heavy atom. The molecule has 0 atom stereocenters. The highest BCUT2D eigenvalue weighted by molar-refractivity contribution is 6.12. The molecule has 11 aromatic rings. The van der Waals surface area contributed by atoms with E-state index in [0.29, 0.717) is 33.8 Å². The fourth-order valence-electron chi connectivity index (χ4n) is 8.80. The highest BCUT2D eigenvalue weighted by atomic mass is 15.0. The monoisotopic (exact) mass is 814 g/mol. The van der Waals surface area contributed by atoms with Gasteiger partial charge in [-0.1, -0.05) is 78.9 Å². The molecule has 64 heavy (non-hydrogen) atoms. The van der Waals surface area contributed by atoms with Crippen LogP contribution in [0, 0.1) is 45.3 Å². The molecule has 0 fully saturated rings. The van der Waals surface area contributed by atoms with Gasteiger partial charge < -0.3 is 9.13 Å². The molecule has 0 aliphatic carbocycles. The molecular formula is C56H30N8. The first-order valence-electron chi connectivity index (χ1n) is 20.5. The molecule has 3 aromatic heterocycles. The summed E-state index contributed by atoms with van der Waals surface area (Å²) < 4.78 is 4.51. The van der Waals surface area contributed by atoms with Gasteiger partial charge in [-0.2, -0.15) is 21.0 Å². The number of fused-ring (bicyclic) bond motifs is 6. The van der Waals surface area contributed by atoms with E-state index in [-0.39, 0.29) is 0 Å². The van der Waals surface area contributed by atoms with Crippen molar-refractivity contribution in [2.45, 2.75) is 0 Å². The van der Waals surface area contributed by atoms with Gasteiger partial charge in [-0.25, -0.2) is 9.97 Å². The third-order valence-corrected chi connectivity index (χ3v) is 11.8.